The van der Waals surface area contributed by atoms with Crippen molar-refractivity contribution in [3.63, 3.8) is 0 Å². The van der Waals surface area contributed by atoms with E-state index in [4.69, 9.17) is 14.5 Å². The highest BCUT2D eigenvalue weighted by Gasteiger charge is 2.22. The number of morpholine rings is 1. The molecule has 226 valence electrons. The topological polar surface area (TPSA) is 128 Å². The first-order valence-electron chi connectivity index (χ1n) is 14.2. The monoisotopic (exact) mass is 586 g/mol. The molecule has 0 aromatic heterocycles. The SMILES string of the molecule is COc1c(NC(=O)O)cc(C(C)(C)C)cc1NC(=O)Nc1ccc(N2C=CC(CN3CCOCC3)=NC2)c2ccccc12. The summed E-state index contributed by atoms with van der Waals surface area (Å²) in [7, 11) is 1.43. The van der Waals surface area contributed by atoms with Gasteiger partial charge < -0.3 is 30.1 Å². The average Bonchev–Trinajstić information content (AvgIpc) is 2.97. The molecule has 0 bridgehead atoms. The summed E-state index contributed by atoms with van der Waals surface area (Å²) in [5.74, 6) is 0.219. The third-order valence-corrected chi connectivity index (χ3v) is 7.47. The van der Waals surface area contributed by atoms with E-state index in [1.807, 2.05) is 57.2 Å². The fourth-order valence-electron chi connectivity index (χ4n) is 5.19. The van der Waals surface area contributed by atoms with Gasteiger partial charge >= 0.3 is 12.1 Å². The summed E-state index contributed by atoms with van der Waals surface area (Å²) < 4.78 is 10.9. The first-order valence-corrected chi connectivity index (χ1v) is 14.2. The highest BCUT2D eigenvalue weighted by Crippen LogP contribution is 2.39. The second-order valence-electron chi connectivity index (χ2n) is 11.5. The Morgan fingerprint density at radius 3 is 2.28 bits per heavy atom. The van der Waals surface area contributed by atoms with Crippen molar-refractivity contribution in [2.45, 2.75) is 26.2 Å². The average molecular weight is 587 g/mol. The Morgan fingerprint density at radius 2 is 1.65 bits per heavy atom. The molecule has 0 radical (unpaired) electrons. The molecular formula is C32H38N6O5. The van der Waals surface area contributed by atoms with E-state index >= 15 is 0 Å². The summed E-state index contributed by atoms with van der Waals surface area (Å²) in [5.41, 5.74) is 3.77. The molecule has 0 unspecified atom stereocenters. The lowest BCUT2D eigenvalue weighted by Gasteiger charge is -2.29. The zero-order valence-corrected chi connectivity index (χ0v) is 24.9. The van der Waals surface area contributed by atoms with Crippen LogP contribution in [0.1, 0.15) is 26.3 Å². The number of aliphatic imine (C=N–C) groups is 1. The van der Waals surface area contributed by atoms with Gasteiger partial charge in [-0.25, -0.2) is 9.59 Å². The number of anilines is 4. The van der Waals surface area contributed by atoms with E-state index in [0.29, 0.717) is 18.0 Å². The Morgan fingerprint density at radius 1 is 0.977 bits per heavy atom. The number of hydrogen-bond donors (Lipinski definition) is 4. The molecule has 2 aliphatic heterocycles. The second kappa shape index (κ2) is 12.7. The highest BCUT2D eigenvalue weighted by molar-refractivity contribution is 6.10. The number of urea groups is 1. The largest absolute Gasteiger partial charge is 0.492 e. The first-order chi connectivity index (χ1) is 20.6. The molecule has 11 nitrogen and oxygen atoms in total. The predicted octanol–water partition coefficient (Wildman–Crippen LogP) is 5.94. The molecule has 1 fully saturated rings. The minimum absolute atomic E-state index is 0.219. The standard InChI is InChI=1S/C32H38N6O5/c1-32(2,3)21-17-26(29(42-4)27(18-21)36-31(40)41)35-30(39)34-25-9-10-28(24-8-6-5-7-23(24)25)38-12-11-22(33-20-38)19-37-13-15-43-16-14-37/h5-12,17-18,36H,13-16,19-20H2,1-4H3,(H,40,41)(H2,34,35,39). The van der Waals surface area contributed by atoms with Crippen LogP contribution in [0.3, 0.4) is 0 Å². The minimum Gasteiger partial charge on any atom is -0.492 e. The first kappa shape index (κ1) is 29.9. The van der Waals surface area contributed by atoms with Crippen LogP contribution in [0.25, 0.3) is 10.8 Å². The number of carboxylic acid groups (broad SMARTS) is 1. The maximum Gasteiger partial charge on any atom is 0.409 e. The maximum absolute atomic E-state index is 13.3. The number of fused-ring (bicyclic) bond motifs is 1. The quantitative estimate of drug-likeness (QED) is 0.270. The molecule has 2 aliphatic rings. The summed E-state index contributed by atoms with van der Waals surface area (Å²) in [6.45, 7) is 10.7. The summed E-state index contributed by atoms with van der Waals surface area (Å²) >= 11 is 0. The van der Waals surface area contributed by atoms with Gasteiger partial charge in [-0.1, -0.05) is 45.0 Å². The van der Waals surface area contributed by atoms with Crippen molar-refractivity contribution in [2.75, 3.05) is 67.5 Å². The normalized spacial score (nSPS) is 15.6. The van der Waals surface area contributed by atoms with Gasteiger partial charge in [0.05, 0.1) is 48.8 Å². The second-order valence-corrected chi connectivity index (χ2v) is 11.5. The van der Waals surface area contributed by atoms with Crippen molar-refractivity contribution >= 4 is 51.4 Å². The summed E-state index contributed by atoms with van der Waals surface area (Å²) in [4.78, 5) is 34.0. The summed E-state index contributed by atoms with van der Waals surface area (Å²) in [6.07, 6.45) is 2.88. The molecule has 3 amide bonds. The molecule has 43 heavy (non-hydrogen) atoms. The molecule has 5 rings (SSSR count). The van der Waals surface area contributed by atoms with E-state index in [2.05, 4.69) is 38.0 Å². The summed E-state index contributed by atoms with van der Waals surface area (Å²) in [6, 6.07) is 14.8. The zero-order valence-electron chi connectivity index (χ0n) is 24.9. The number of amides is 3. The number of benzene rings is 3. The van der Waals surface area contributed by atoms with Crippen LogP contribution in [0.4, 0.5) is 32.3 Å². The number of rotatable bonds is 7. The lowest BCUT2D eigenvalue weighted by Crippen LogP contribution is -2.40. The van der Waals surface area contributed by atoms with E-state index in [1.165, 1.54) is 7.11 Å². The number of nitrogens with zero attached hydrogens (tertiary/aromatic N) is 3. The molecule has 0 aliphatic carbocycles. The Kier molecular flexibility index (Phi) is 8.84. The number of hydrogen-bond acceptors (Lipinski definition) is 7. The van der Waals surface area contributed by atoms with Gasteiger partial charge in [0.25, 0.3) is 0 Å². The number of carbonyl (C=O) groups excluding carboxylic acids is 1. The Bertz CT molecular complexity index is 1570. The predicted molar refractivity (Wildman–Crippen MR) is 171 cm³/mol. The molecule has 11 heteroatoms. The van der Waals surface area contributed by atoms with Crippen molar-refractivity contribution in [1.29, 1.82) is 0 Å². The third kappa shape index (κ3) is 7.07. The van der Waals surface area contributed by atoms with Gasteiger partial charge in [0, 0.05) is 36.6 Å². The van der Waals surface area contributed by atoms with Crippen molar-refractivity contribution in [1.82, 2.24) is 4.90 Å². The number of carbonyl (C=O) groups is 2. The maximum atomic E-state index is 13.3. The van der Waals surface area contributed by atoms with E-state index in [9.17, 15) is 14.7 Å². The van der Waals surface area contributed by atoms with Crippen LogP contribution in [0.2, 0.25) is 0 Å². The van der Waals surface area contributed by atoms with Gasteiger partial charge in [-0.2, -0.15) is 0 Å². The lowest BCUT2D eigenvalue weighted by atomic mass is 9.86. The van der Waals surface area contributed by atoms with Gasteiger partial charge in [-0.05, 0) is 41.3 Å². The van der Waals surface area contributed by atoms with Gasteiger partial charge in [-0.3, -0.25) is 15.2 Å². The van der Waals surface area contributed by atoms with Crippen LogP contribution in [-0.4, -0.2) is 74.5 Å². The number of nitrogens with one attached hydrogen (secondary N) is 3. The van der Waals surface area contributed by atoms with Crippen LogP contribution in [0.5, 0.6) is 5.75 Å². The Hall–Kier alpha value is -4.61. The van der Waals surface area contributed by atoms with Crippen molar-refractivity contribution in [3.05, 3.63) is 66.4 Å². The number of methoxy groups -OCH3 is 1. The smallest absolute Gasteiger partial charge is 0.409 e. The fourth-order valence-corrected chi connectivity index (χ4v) is 5.19. The van der Waals surface area contributed by atoms with Crippen molar-refractivity contribution in [3.8, 4) is 5.75 Å². The molecule has 2 heterocycles. The molecule has 0 atom stereocenters. The molecule has 3 aromatic rings. The van der Waals surface area contributed by atoms with Crippen molar-refractivity contribution < 1.29 is 24.2 Å². The Labute approximate surface area is 251 Å². The number of ether oxygens (including phenoxy) is 2. The third-order valence-electron chi connectivity index (χ3n) is 7.47. The highest BCUT2D eigenvalue weighted by atomic mass is 16.5. The van der Waals surface area contributed by atoms with Crippen LogP contribution >= 0.6 is 0 Å². The molecule has 0 spiro atoms. The Balaban J connectivity index is 1.36. The molecule has 4 N–H and O–H groups in total. The lowest BCUT2D eigenvalue weighted by molar-refractivity contribution is 0.0453. The molecular weight excluding hydrogens is 548 g/mol. The van der Waals surface area contributed by atoms with Crippen LogP contribution < -0.4 is 25.6 Å². The molecule has 3 aromatic carbocycles. The van der Waals surface area contributed by atoms with Gasteiger partial charge in [-0.15, -0.1) is 0 Å². The summed E-state index contributed by atoms with van der Waals surface area (Å²) in [5, 5.41) is 19.4. The molecule has 0 saturated carbocycles. The zero-order chi connectivity index (χ0) is 30.6. The van der Waals surface area contributed by atoms with E-state index < -0.39 is 12.1 Å². The van der Waals surface area contributed by atoms with Crippen LogP contribution in [0.15, 0.2) is 65.8 Å². The fraction of sp³-hybridized carbons (Fsp3) is 0.344. The van der Waals surface area contributed by atoms with Gasteiger partial charge in [0.2, 0.25) is 0 Å². The van der Waals surface area contributed by atoms with Crippen LogP contribution in [-0.2, 0) is 10.2 Å². The van der Waals surface area contributed by atoms with E-state index in [0.717, 1.165) is 60.6 Å². The minimum atomic E-state index is -1.23. The van der Waals surface area contributed by atoms with E-state index in [1.54, 1.807) is 12.1 Å². The molecule has 1 saturated heterocycles. The van der Waals surface area contributed by atoms with Crippen LogP contribution in [0, 0.1) is 0 Å². The van der Waals surface area contributed by atoms with Gasteiger partial charge in [0.1, 0.15) is 6.67 Å². The van der Waals surface area contributed by atoms with E-state index in [-0.39, 0.29) is 16.9 Å². The van der Waals surface area contributed by atoms with Gasteiger partial charge in [0.15, 0.2) is 5.75 Å². The van der Waals surface area contributed by atoms with Crippen molar-refractivity contribution in [2.24, 2.45) is 4.99 Å².